The molecule has 0 amide bonds. The Balaban J connectivity index is 1.38. The van der Waals surface area contributed by atoms with Gasteiger partial charge in [-0.3, -0.25) is 0 Å². The van der Waals surface area contributed by atoms with Crippen molar-refractivity contribution in [2.45, 2.75) is 0 Å². The highest BCUT2D eigenvalue weighted by atomic mass is 16.5. The Kier molecular flexibility index (Phi) is 4.42. The van der Waals surface area contributed by atoms with Gasteiger partial charge in [0.25, 0.3) is 6.01 Å². The summed E-state index contributed by atoms with van der Waals surface area (Å²) in [5.41, 5.74) is 8.61. The Hall–Kier alpha value is -3.75. The third-order valence-electron chi connectivity index (χ3n) is 5.33. The van der Waals surface area contributed by atoms with Gasteiger partial charge >= 0.3 is 0 Å². The van der Waals surface area contributed by atoms with Gasteiger partial charge in [-0.05, 0) is 18.2 Å². The van der Waals surface area contributed by atoms with Gasteiger partial charge in [-0.2, -0.15) is 9.97 Å². The van der Waals surface area contributed by atoms with Crippen LogP contribution in [0.5, 0.6) is 11.5 Å². The number of oxazole rings is 1. The Bertz CT molecular complexity index is 1180. The number of aromatic nitrogens is 3. The van der Waals surface area contributed by atoms with Crippen molar-refractivity contribution in [2.75, 3.05) is 55.9 Å². The van der Waals surface area contributed by atoms with Gasteiger partial charge in [-0.1, -0.05) is 12.1 Å². The van der Waals surface area contributed by atoms with Crippen molar-refractivity contribution in [2.24, 2.45) is 0 Å². The number of nitrogens with two attached hydrogens (primary N) is 1. The number of methoxy groups -OCH3 is 2. The first-order chi connectivity index (χ1) is 14.7. The first-order valence-electron chi connectivity index (χ1n) is 9.71. The summed E-state index contributed by atoms with van der Waals surface area (Å²) in [7, 11) is 3.19. The lowest BCUT2D eigenvalue weighted by Gasteiger charge is -2.33. The standard InChI is InChI=1S/C21H22N6O3/c1-28-17-11-13-15(12-18(17)29-2)23-20(25-19(13)22)26-7-9-27(10-8-26)21-24-14-5-3-4-6-16(14)30-21/h3-6,11-12H,7-10H2,1-2H3,(H2,22,23,25). The van der Waals surface area contributed by atoms with Gasteiger partial charge in [0.2, 0.25) is 5.95 Å². The van der Waals surface area contributed by atoms with E-state index in [0.29, 0.717) is 29.3 Å². The van der Waals surface area contributed by atoms with E-state index >= 15 is 0 Å². The van der Waals surface area contributed by atoms with E-state index in [-0.39, 0.29) is 0 Å². The number of anilines is 3. The molecule has 0 unspecified atom stereocenters. The van der Waals surface area contributed by atoms with Gasteiger partial charge in [0.1, 0.15) is 11.3 Å². The average molecular weight is 406 g/mol. The van der Waals surface area contributed by atoms with Crippen LogP contribution < -0.4 is 25.0 Å². The molecule has 9 heteroatoms. The van der Waals surface area contributed by atoms with Crippen LogP contribution >= 0.6 is 0 Å². The number of fused-ring (bicyclic) bond motifs is 2. The van der Waals surface area contributed by atoms with E-state index < -0.39 is 0 Å². The second-order valence-corrected chi connectivity index (χ2v) is 7.07. The first kappa shape index (κ1) is 18.3. The van der Waals surface area contributed by atoms with Crippen molar-refractivity contribution in [3.63, 3.8) is 0 Å². The molecule has 5 rings (SSSR count). The number of rotatable bonds is 4. The van der Waals surface area contributed by atoms with Crippen molar-refractivity contribution >= 4 is 39.8 Å². The fourth-order valence-electron chi connectivity index (χ4n) is 3.70. The second kappa shape index (κ2) is 7.25. The largest absolute Gasteiger partial charge is 0.493 e. The van der Waals surface area contributed by atoms with E-state index in [1.807, 2.05) is 30.3 Å². The minimum absolute atomic E-state index is 0.414. The van der Waals surface area contributed by atoms with Gasteiger partial charge in [-0.15, -0.1) is 0 Å². The summed E-state index contributed by atoms with van der Waals surface area (Å²) in [6.07, 6.45) is 0. The molecule has 0 bridgehead atoms. The molecule has 0 atom stereocenters. The van der Waals surface area contributed by atoms with Crippen LogP contribution in [-0.4, -0.2) is 55.4 Å². The summed E-state index contributed by atoms with van der Waals surface area (Å²) in [4.78, 5) is 18.1. The molecule has 0 aliphatic carbocycles. The molecular formula is C21H22N6O3. The molecule has 2 N–H and O–H groups in total. The summed E-state index contributed by atoms with van der Waals surface area (Å²) in [6, 6.07) is 12.1. The van der Waals surface area contributed by atoms with E-state index in [9.17, 15) is 0 Å². The molecule has 2 aromatic carbocycles. The lowest BCUT2D eigenvalue weighted by Crippen LogP contribution is -2.47. The molecule has 154 valence electrons. The van der Waals surface area contributed by atoms with Crippen LogP contribution in [-0.2, 0) is 0 Å². The normalized spacial score (nSPS) is 14.5. The van der Waals surface area contributed by atoms with E-state index in [1.165, 1.54) is 0 Å². The van der Waals surface area contributed by atoms with E-state index in [4.69, 9.17) is 24.6 Å². The van der Waals surface area contributed by atoms with Gasteiger partial charge in [0, 0.05) is 37.6 Å². The third kappa shape index (κ3) is 3.08. The summed E-state index contributed by atoms with van der Waals surface area (Å²) in [5.74, 6) is 2.22. The van der Waals surface area contributed by atoms with Crippen LogP contribution in [0.25, 0.3) is 22.0 Å². The maximum atomic E-state index is 6.23. The summed E-state index contributed by atoms with van der Waals surface area (Å²) in [5, 5.41) is 0.738. The molecule has 2 aromatic heterocycles. The lowest BCUT2D eigenvalue weighted by atomic mass is 10.2. The number of ether oxygens (including phenoxy) is 2. The Morgan fingerprint density at radius 2 is 1.57 bits per heavy atom. The van der Waals surface area contributed by atoms with Gasteiger partial charge in [0.05, 0.1) is 19.7 Å². The summed E-state index contributed by atoms with van der Waals surface area (Å²) < 4.78 is 16.6. The second-order valence-electron chi connectivity index (χ2n) is 7.07. The van der Waals surface area contributed by atoms with Crippen LogP contribution in [0.3, 0.4) is 0 Å². The van der Waals surface area contributed by atoms with Crippen LogP contribution in [0.1, 0.15) is 0 Å². The molecule has 30 heavy (non-hydrogen) atoms. The number of para-hydroxylation sites is 2. The highest BCUT2D eigenvalue weighted by Gasteiger charge is 2.23. The Morgan fingerprint density at radius 3 is 2.30 bits per heavy atom. The molecular weight excluding hydrogens is 384 g/mol. The summed E-state index contributed by atoms with van der Waals surface area (Å²) >= 11 is 0. The zero-order valence-electron chi connectivity index (χ0n) is 16.8. The zero-order chi connectivity index (χ0) is 20.7. The smallest absolute Gasteiger partial charge is 0.298 e. The fourth-order valence-corrected chi connectivity index (χ4v) is 3.70. The molecule has 3 heterocycles. The average Bonchev–Trinajstić information content (AvgIpc) is 3.22. The van der Waals surface area contributed by atoms with E-state index in [0.717, 1.165) is 48.2 Å². The van der Waals surface area contributed by atoms with Crippen LogP contribution in [0, 0.1) is 0 Å². The molecule has 9 nitrogen and oxygen atoms in total. The van der Waals surface area contributed by atoms with Crippen molar-refractivity contribution < 1.29 is 13.9 Å². The van der Waals surface area contributed by atoms with Crippen LogP contribution in [0.4, 0.5) is 17.8 Å². The Labute approximate surface area is 173 Å². The minimum Gasteiger partial charge on any atom is -0.493 e. The first-order valence-corrected chi connectivity index (χ1v) is 9.71. The van der Waals surface area contributed by atoms with Crippen molar-refractivity contribution in [3.05, 3.63) is 36.4 Å². The Morgan fingerprint density at radius 1 is 0.867 bits per heavy atom. The maximum Gasteiger partial charge on any atom is 0.298 e. The molecule has 0 radical (unpaired) electrons. The SMILES string of the molecule is COc1cc2nc(N3CCN(c4nc5ccccc5o4)CC3)nc(N)c2cc1OC. The maximum absolute atomic E-state index is 6.23. The van der Waals surface area contributed by atoms with Gasteiger partial charge in [-0.25, -0.2) is 4.98 Å². The third-order valence-corrected chi connectivity index (χ3v) is 5.33. The van der Waals surface area contributed by atoms with Crippen LogP contribution in [0.2, 0.25) is 0 Å². The van der Waals surface area contributed by atoms with Crippen LogP contribution in [0.15, 0.2) is 40.8 Å². The number of hydrogen-bond acceptors (Lipinski definition) is 9. The lowest BCUT2D eigenvalue weighted by molar-refractivity contribution is 0.356. The molecule has 0 saturated carbocycles. The van der Waals surface area contributed by atoms with Crippen molar-refractivity contribution in [1.29, 1.82) is 0 Å². The molecule has 1 saturated heterocycles. The highest BCUT2D eigenvalue weighted by molar-refractivity contribution is 5.91. The zero-order valence-corrected chi connectivity index (χ0v) is 16.8. The van der Waals surface area contributed by atoms with Gasteiger partial charge in [0.15, 0.2) is 17.1 Å². The number of nitrogens with zero attached hydrogens (tertiary/aromatic N) is 5. The molecule has 1 aliphatic rings. The van der Waals surface area contributed by atoms with Gasteiger partial charge < -0.3 is 29.4 Å². The molecule has 1 fully saturated rings. The molecule has 0 spiro atoms. The van der Waals surface area contributed by atoms with Crippen molar-refractivity contribution in [1.82, 2.24) is 15.0 Å². The predicted molar refractivity (Wildman–Crippen MR) is 115 cm³/mol. The number of nitrogen functional groups attached to an aromatic ring is 1. The van der Waals surface area contributed by atoms with E-state index in [1.54, 1.807) is 20.3 Å². The molecule has 4 aromatic rings. The topological polar surface area (TPSA) is 103 Å². The minimum atomic E-state index is 0.414. The van der Waals surface area contributed by atoms with E-state index in [2.05, 4.69) is 19.8 Å². The quantitative estimate of drug-likeness (QED) is 0.548. The predicted octanol–water partition coefficient (Wildman–Crippen LogP) is 2.70. The number of piperazine rings is 1. The summed E-state index contributed by atoms with van der Waals surface area (Å²) in [6.45, 7) is 2.97. The monoisotopic (exact) mass is 406 g/mol. The molecule has 1 aliphatic heterocycles. The highest BCUT2D eigenvalue weighted by Crippen LogP contribution is 2.34. The number of hydrogen-bond donors (Lipinski definition) is 1. The van der Waals surface area contributed by atoms with Crippen molar-refractivity contribution in [3.8, 4) is 11.5 Å². The number of benzene rings is 2. The fraction of sp³-hybridized carbons (Fsp3) is 0.286.